The Morgan fingerprint density at radius 1 is 1.18 bits per heavy atom. The molecule has 1 aliphatic rings. The van der Waals surface area contributed by atoms with Crippen LogP contribution in [0.2, 0.25) is 10.0 Å². The molecular weight excluding hydrogens is 321 g/mol. The Balaban J connectivity index is 1.72. The fourth-order valence-electron chi connectivity index (χ4n) is 2.38. The number of furan rings is 1. The molecule has 4 nitrogen and oxygen atoms in total. The molecular formula is C16H18Cl2N3O+. The summed E-state index contributed by atoms with van der Waals surface area (Å²) >= 11 is 12.2. The zero-order valence-corrected chi connectivity index (χ0v) is 13.9. The van der Waals surface area contributed by atoms with Crippen LogP contribution in [0.25, 0.3) is 11.3 Å². The monoisotopic (exact) mass is 338 g/mol. The van der Waals surface area contributed by atoms with Gasteiger partial charge < -0.3 is 9.32 Å². The second-order valence-electron chi connectivity index (χ2n) is 5.48. The van der Waals surface area contributed by atoms with E-state index in [2.05, 4.69) is 17.2 Å². The Labute approximate surface area is 139 Å². The Bertz CT molecular complexity index is 676. The third-order valence-corrected chi connectivity index (χ3v) is 4.33. The van der Waals surface area contributed by atoms with Gasteiger partial charge in [0.2, 0.25) is 0 Å². The third-order valence-electron chi connectivity index (χ3n) is 3.76. The molecule has 0 spiro atoms. The highest BCUT2D eigenvalue weighted by Gasteiger charge is 2.14. The zero-order valence-electron chi connectivity index (χ0n) is 12.4. The fraction of sp³-hybridized carbons (Fsp3) is 0.312. The van der Waals surface area contributed by atoms with E-state index in [1.807, 2.05) is 12.1 Å². The maximum absolute atomic E-state index is 6.19. The van der Waals surface area contributed by atoms with Crippen LogP contribution in [0.3, 0.4) is 0 Å². The van der Waals surface area contributed by atoms with Crippen molar-refractivity contribution >= 4 is 29.4 Å². The smallest absolute Gasteiger partial charge is 0.147 e. The van der Waals surface area contributed by atoms with Crippen LogP contribution in [0.4, 0.5) is 0 Å². The lowest BCUT2D eigenvalue weighted by atomic mass is 10.2. The molecule has 0 amide bonds. The highest BCUT2D eigenvalue weighted by Crippen LogP contribution is 2.31. The van der Waals surface area contributed by atoms with Crippen molar-refractivity contribution in [1.29, 1.82) is 0 Å². The summed E-state index contributed by atoms with van der Waals surface area (Å²) in [6.45, 7) is 4.16. The van der Waals surface area contributed by atoms with Crippen molar-refractivity contribution in [3.05, 3.63) is 46.1 Å². The normalized spacial score (nSPS) is 16.6. The lowest BCUT2D eigenvalue weighted by molar-refractivity contribution is -0.884. The summed E-state index contributed by atoms with van der Waals surface area (Å²) < 4.78 is 5.79. The van der Waals surface area contributed by atoms with E-state index in [1.54, 1.807) is 29.3 Å². The summed E-state index contributed by atoms with van der Waals surface area (Å²) in [5, 5.41) is 7.79. The van der Waals surface area contributed by atoms with E-state index in [9.17, 15) is 0 Å². The predicted octanol–water partition coefficient (Wildman–Crippen LogP) is 2.42. The minimum Gasteiger partial charge on any atom is -0.455 e. The van der Waals surface area contributed by atoms with E-state index in [0.717, 1.165) is 31.7 Å². The second-order valence-corrected chi connectivity index (χ2v) is 6.33. The molecule has 0 saturated carbocycles. The van der Waals surface area contributed by atoms with Crippen molar-refractivity contribution in [2.24, 2.45) is 5.10 Å². The molecule has 22 heavy (non-hydrogen) atoms. The predicted molar refractivity (Wildman–Crippen MR) is 90.0 cm³/mol. The van der Waals surface area contributed by atoms with E-state index in [4.69, 9.17) is 27.6 Å². The average Bonchev–Trinajstić information content (AvgIpc) is 2.98. The van der Waals surface area contributed by atoms with Gasteiger partial charge in [0.15, 0.2) is 0 Å². The molecule has 0 unspecified atom stereocenters. The lowest BCUT2D eigenvalue weighted by Crippen LogP contribution is -3.11. The molecule has 6 heteroatoms. The number of rotatable bonds is 3. The van der Waals surface area contributed by atoms with E-state index in [-0.39, 0.29) is 0 Å². The number of halogens is 2. The number of nitrogens with one attached hydrogen (secondary N) is 1. The Morgan fingerprint density at radius 3 is 2.73 bits per heavy atom. The number of piperazine rings is 1. The molecule has 1 aromatic carbocycles. The first-order chi connectivity index (χ1) is 10.6. The van der Waals surface area contributed by atoms with Crippen LogP contribution in [-0.4, -0.2) is 44.5 Å². The van der Waals surface area contributed by atoms with Crippen LogP contribution < -0.4 is 4.90 Å². The molecule has 2 aromatic rings. The van der Waals surface area contributed by atoms with Crippen LogP contribution in [0, 0.1) is 0 Å². The Kier molecular flexibility index (Phi) is 4.71. The van der Waals surface area contributed by atoms with Gasteiger partial charge in [-0.2, -0.15) is 5.10 Å². The van der Waals surface area contributed by atoms with E-state index >= 15 is 0 Å². The molecule has 1 aromatic heterocycles. The number of hydrogen-bond acceptors (Lipinski definition) is 3. The highest BCUT2D eigenvalue weighted by molar-refractivity contribution is 6.35. The number of quaternary nitrogens is 1. The Hall–Kier alpha value is -1.49. The van der Waals surface area contributed by atoms with Gasteiger partial charge >= 0.3 is 0 Å². The van der Waals surface area contributed by atoms with Crippen LogP contribution in [0.5, 0.6) is 0 Å². The van der Waals surface area contributed by atoms with Crippen LogP contribution in [-0.2, 0) is 0 Å². The number of benzene rings is 1. The number of hydrazone groups is 1. The van der Waals surface area contributed by atoms with Crippen LogP contribution in [0.15, 0.2) is 39.9 Å². The lowest BCUT2D eigenvalue weighted by Gasteiger charge is -2.27. The highest BCUT2D eigenvalue weighted by atomic mass is 35.5. The summed E-state index contributed by atoms with van der Waals surface area (Å²) in [4.78, 5) is 1.54. The number of hydrogen-bond donors (Lipinski definition) is 1. The molecule has 3 rings (SSSR count). The first-order valence-corrected chi connectivity index (χ1v) is 8.03. The van der Waals surface area contributed by atoms with Gasteiger partial charge in [-0.05, 0) is 30.3 Å². The quantitative estimate of drug-likeness (QED) is 0.872. The van der Waals surface area contributed by atoms with Gasteiger partial charge in [-0.25, -0.2) is 0 Å². The van der Waals surface area contributed by atoms with Gasteiger partial charge in [0.1, 0.15) is 11.5 Å². The second kappa shape index (κ2) is 6.73. The first kappa shape index (κ1) is 15.4. The summed E-state index contributed by atoms with van der Waals surface area (Å²) in [5.41, 5.74) is 0.789. The summed E-state index contributed by atoms with van der Waals surface area (Å²) in [6.07, 6.45) is 1.75. The summed E-state index contributed by atoms with van der Waals surface area (Å²) in [5.74, 6) is 1.40. The molecule has 0 aliphatic carbocycles. The van der Waals surface area contributed by atoms with Gasteiger partial charge in [-0.15, -0.1) is 0 Å². The van der Waals surface area contributed by atoms with E-state index in [0.29, 0.717) is 21.6 Å². The Morgan fingerprint density at radius 2 is 1.95 bits per heavy atom. The summed E-state index contributed by atoms with van der Waals surface area (Å²) in [6, 6.07) is 9.09. The molecule has 1 fully saturated rings. The van der Waals surface area contributed by atoms with Crippen LogP contribution >= 0.6 is 23.2 Å². The number of nitrogens with zero attached hydrogens (tertiary/aromatic N) is 2. The average molecular weight is 339 g/mol. The molecule has 1 saturated heterocycles. The van der Waals surface area contributed by atoms with Crippen molar-refractivity contribution in [2.75, 3.05) is 33.2 Å². The zero-order chi connectivity index (χ0) is 15.5. The number of likely N-dealkylation sites (N-methyl/N-ethyl adjacent to an activating group) is 1. The molecule has 1 N–H and O–H groups in total. The molecule has 116 valence electrons. The maximum Gasteiger partial charge on any atom is 0.147 e. The van der Waals surface area contributed by atoms with Gasteiger partial charge in [-0.3, -0.25) is 5.01 Å². The summed E-state index contributed by atoms with van der Waals surface area (Å²) in [7, 11) is 2.20. The molecule has 2 heterocycles. The van der Waals surface area contributed by atoms with Crippen molar-refractivity contribution in [3.8, 4) is 11.3 Å². The minimum atomic E-state index is 0.615. The van der Waals surface area contributed by atoms with E-state index in [1.165, 1.54) is 0 Å². The van der Waals surface area contributed by atoms with Gasteiger partial charge in [-0.1, -0.05) is 23.2 Å². The molecule has 0 atom stereocenters. The van der Waals surface area contributed by atoms with Crippen LogP contribution in [0.1, 0.15) is 5.76 Å². The largest absolute Gasteiger partial charge is 0.455 e. The SMILES string of the molecule is C[NH+]1CCN(/N=C\c2ccc(-c3cc(Cl)ccc3Cl)o2)CC1. The van der Waals surface area contributed by atoms with Crippen molar-refractivity contribution < 1.29 is 9.32 Å². The minimum absolute atomic E-state index is 0.615. The molecule has 0 radical (unpaired) electrons. The third kappa shape index (κ3) is 3.64. The molecule has 1 aliphatic heterocycles. The van der Waals surface area contributed by atoms with E-state index < -0.39 is 0 Å². The van der Waals surface area contributed by atoms with Gasteiger partial charge in [0, 0.05) is 10.6 Å². The van der Waals surface area contributed by atoms with Crippen molar-refractivity contribution in [2.45, 2.75) is 0 Å². The topological polar surface area (TPSA) is 33.2 Å². The molecule has 0 bridgehead atoms. The van der Waals surface area contributed by atoms with Crippen molar-refractivity contribution in [3.63, 3.8) is 0 Å². The van der Waals surface area contributed by atoms with Gasteiger partial charge in [0.05, 0.1) is 44.5 Å². The first-order valence-electron chi connectivity index (χ1n) is 7.27. The standard InChI is InChI=1S/C16H17Cl2N3O/c1-20-6-8-21(9-7-20)19-11-13-3-5-16(22-13)14-10-12(17)2-4-15(14)18/h2-5,10-11H,6-9H2,1H3/p+1/b19-11-. The van der Waals surface area contributed by atoms with Crippen molar-refractivity contribution in [1.82, 2.24) is 5.01 Å². The maximum atomic E-state index is 6.19. The fourth-order valence-corrected chi connectivity index (χ4v) is 2.77. The van der Waals surface area contributed by atoms with Gasteiger partial charge in [0.25, 0.3) is 0 Å².